The van der Waals surface area contributed by atoms with E-state index in [0.717, 1.165) is 23.9 Å². The van der Waals surface area contributed by atoms with Crippen molar-refractivity contribution in [1.82, 2.24) is 20.3 Å². The first kappa shape index (κ1) is 25.9. The number of carbonyl (C=O) groups is 1. The van der Waals surface area contributed by atoms with Crippen LogP contribution in [0.3, 0.4) is 0 Å². The van der Waals surface area contributed by atoms with E-state index in [2.05, 4.69) is 51.7 Å². The number of fused-ring (bicyclic) bond motifs is 1. The number of aromatic nitrogens is 3. The average Bonchev–Trinajstić information content (AvgIpc) is 2.81. The van der Waals surface area contributed by atoms with Crippen LogP contribution in [-0.2, 0) is 0 Å². The van der Waals surface area contributed by atoms with E-state index in [1.54, 1.807) is 31.5 Å². The monoisotopic (exact) mass is 504 g/mol. The number of nitrogens with zero attached hydrogens (tertiary/aromatic N) is 3. The Morgan fingerprint density at radius 2 is 1.73 bits per heavy atom. The van der Waals surface area contributed by atoms with Crippen molar-refractivity contribution in [2.45, 2.75) is 41.0 Å². The summed E-state index contributed by atoms with van der Waals surface area (Å²) in [5, 5.41) is 9.07. The second-order valence-electron chi connectivity index (χ2n) is 10.2. The lowest BCUT2D eigenvalue weighted by Gasteiger charge is -2.18. The van der Waals surface area contributed by atoms with E-state index < -0.39 is 17.7 Å². The summed E-state index contributed by atoms with van der Waals surface area (Å²) in [5.74, 6) is -1.02. The quantitative estimate of drug-likeness (QED) is 0.266. The molecule has 0 bridgehead atoms. The highest BCUT2D eigenvalue weighted by atomic mass is 19.1. The maximum atomic E-state index is 14.9. The molecular formula is C28H30F2N6O. The van der Waals surface area contributed by atoms with Crippen LogP contribution < -0.4 is 16.0 Å². The Labute approximate surface area is 214 Å². The summed E-state index contributed by atoms with van der Waals surface area (Å²) in [6.07, 6.45) is 4.11. The summed E-state index contributed by atoms with van der Waals surface area (Å²) in [7, 11) is 0. The summed E-state index contributed by atoms with van der Waals surface area (Å²) in [6.45, 7) is 10.3. The zero-order chi connectivity index (χ0) is 26.7. The van der Waals surface area contributed by atoms with Gasteiger partial charge in [0.1, 0.15) is 17.5 Å². The number of amides is 2. The van der Waals surface area contributed by atoms with Crippen LogP contribution in [0.5, 0.6) is 0 Å². The largest absolute Gasteiger partial charge is 0.339 e. The first-order valence-corrected chi connectivity index (χ1v) is 12.0. The Morgan fingerprint density at radius 1 is 0.946 bits per heavy atom. The Bertz CT molecular complexity index is 1450. The molecule has 37 heavy (non-hydrogen) atoms. The predicted molar refractivity (Wildman–Crippen MR) is 143 cm³/mol. The normalized spacial score (nSPS) is 11.4. The third kappa shape index (κ3) is 6.55. The van der Waals surface area contributed by atoms with E-state index >= 15 is 0 Å². The number of halogens is 2. The van der Waals surface area contributed by atoms with Crippen molar-refractivity contribution in [3.8, 4) is 11.1 Å². The molecule has 4 aromatic rings. The molecule has 0 fully saturated rings. The Morgan fingerprint density at radius 3 is 2.43 bits per heavy atom. The molecule has 3 aromatic heterocycles. The summed E-state index contributed by atoms with van der Waals surface area (Å²) >= 11 is 0. The molecule has 0 aliphatic rings. The number of hydrogen-bond donors (Lipinski definition) is 3. The van der Waals surface area contributed by atoms with E-state index in [-0.39, 0.29) is 16.7 Å². The van der Waals surface area contributed by atoms with Crippen LogP contribution in [0.4, 0.5) is 30.8 Å². The smallest absolute Gasteiger partial charge is 0.319 e. The molecule has 0 aliphatic carbocycles. The maximum absolute atomic E-state index is 14.9. The third-order valence-corrected chi connectivity index (χ3v) is 5.83. The molecule has 0 spiro atoms. The maximum Gasteiger partial charge on any atom is 0.319 e. The minimum Gasteiger partial charge on any atom is -0.339 e. The van der Waals surface area contributed by atoms with Gasteiger partial charge in [0, 0.05) is 52.8 Å². The van der Waals surface area contributed by atoms with E-state index in [1.165, 1.54) is 6.07 Å². The van der Waals surface area contributed by atoms with Crippen LogP contribution in [0.1, 0.15) is 38.6 Å². The van der Waals surface area contributed by atoms with Crippen LogP contribution in [0.25, 0.3) is 22.0 Å². The number of hydrogen-bond acceptors (Lipinski definition) is 5. The number of anilines is 3. The molecule has 3 N–H and O–H groups in total. The molecule has 0 aliphatic heterocycles. The van der Waals surface area contributed by atoms with Gasteiger partial charge in [-0.2, -0.15) is 0 Å². The predicted octanol–water partition coefficient (Wildman–Crippen LogP) is 6.89. The number of benzene rings is 1. The van der Waals surface area contributed by atoms with Gasteiger partial charge >= 0.3 is 6.03 Å². The van der Waals surface area contributed by atoms with Gasteiger partial charge in [0.05, 0.1) is 23.1 Å². The first-order chi connectivity index (χ1) is 17.5. The molecule has 3 heterocycles. The Balaban J connectivity index is 1.58. The van der Waals surface area contributed by atoms with Crippen molar-refractivity contribution in [2.75, 3.05) is 17.2 Å². The van der Waals surface area contributed by atoms with E-state index in [0.29, 0.717) is 34.5 Å². The van der Waals surface area contributed by atoms with Gasteiger partial charge < -0.3 is 16.0 Å². The second kappa shape index (κ2) is 10.5. The van der Waals surface area contributed by atoms with Gasteiger partial charge in [0.2, 0.25) is 0 Å². The summed E-state index contributed by atoms with van der Waals surface area (Å²) in [4.78, 5) is 25.6. The molecule has 192 valence electrons. The fourth-order valence-electron chi connectivity index (χ4n) is 3.76. The summed E-state index contributed by atoms with van der Waals surface area (Å²) in [6, 6.07) is 8.86. The molecule has 9 heteroatoms. The zero-order valence-electron chi connectivity index (χ0n) is 21.5. The van der Waals surface area contributed by atoms with Crippen molar-refractivity contribution >= 4 is 34.1 Å². The van der Waals surface area contributed by atoms with Crippen LogP contribution in [0.2, 0.25) is 0 Å². The molecule has 0 saturated carbocycles. The average molecular weight is 505 g/mol. The van der Waals surface area contributed by atoms with Crippen LogP contribution in [0, 0.1) is 30.9 Å². The van der Waals surface area contributed by atoms with Gasteiger partial charge in [-0.1, -0.05) is 20.8 Å². The highest BCUT2D eigenvalue weighted by Crippen LogP contribution is 2.32. The number of nitrogens with one attached hydrogen (secondary N) is 3. The van der Waals surface area contributed by atoms with E-state index in [9.17, 15) is 13.6 Å². The molecule has 0 saturated heterocycles. The topological polar surface area (TPSA) is 91.8 Å². The molecule has 0 unspecified atom stereocenters. The van der Waals surface area contributed by atoms with Gasteiger partial charge in [0.25, 0.3) is 0 Å². The lowest BCUT2D eigenvalue weighted by Crippen LogP contribution is -2.31. The van der Waals surface area contributed by atoms with Crippen molar-refractivity contribution in [1.29, 1.82) is 0 Å². The summed E-state index contributed by atoms with van der Waals surface area (Å²) in [5.41, 5.74) is 3.46. The van der Waals surface area contributed by atoms with Gasteiger partial charge in [-0.05, 0) is 49.9 Å². The van der Waals surface area contributed by atoms with Crippen molar-refractivity contribution in [2.24, 2.45) is 5.41 Å². The zero-order valence-corrected chi connectivity index (χ0v) is 21.5. The van der Waals surface area contributed by atoms with Crippen molar-refractivity contribution in [3.05, 3.63) is 71.8 Å². The van der Waals surface area contributed by atoms with Gasteiger partial charge in [0.15, 0.2) is 0 Å². The third-order valence-electron chi connectivity index (χ3n) is 5.83. The lowest BCUT2D eigenvalue weighted by atomic mass is 9.92. The molecular weight excluding hydrogens is 474 g/mol. The minimum atomic E-state index is -0.860. The van der Waals surface area contributed by atoms with Gasteiger partial charge in [-0.15, -0.1) is 0 Å². The molecule has 1 aromatic carbocycles. The van der Waals surface area contributed by atoms with Crippen molar-refractivity contribution in [3.63, 3.8) is 0 Å². The molecule has 4 rings (SSSR count). The lowest BCUT2D eigenvalue weighted by molar-refractivity contribution is 0.250. The molecule has 2 amide bonds. The standard InChI is InChI=1S/C28H30F2N6O/c1-16-6-7-19(15-32-16)35-26-13-24-18(14-33-26)10-20(17(2)34-24)21-11-25(23(30)12-22(21)29)36-27(37)31-9-8-28(3,4)5/h6-7,10-15H,8-9H2,1-5H3,(H,33,35)(H2,31,36,37). The van der Waals surface area contributed by atoms with Gasteiger partial charge in [-0.25, -0.2) is 18.6 Å². The molecule has 0 radical (unpaired) electrons. The first-order valence-electron chi connectivity index (χ1n) is 12.0. The number of pyridine rings is 3. The SMILES string of the molecule is Cc1ccc(Nc2cc3nc(C)c(-c4cc(NC(=O)NCCC(C)(C)C)c(F)cc4F)cc3cn2)cn1. The fraction of sp³-hybridized carbons (Fsp3) is 0.286. The van der Waals surface area contributed by atoms with Crippen LogP contribution >= 0.6 is 0 Å². The highest BCUT2D eigenvalue weighted by molar-refractivity contribution is 5.91. The molecule has 7 nitrogen and oxygen atoms in total. The number of carbonyl (C=O) groups excluding carboxylic acids is 1. The van der Waals surface area contributed by atoms with Crippen LogP contribution in [-0.4, -0.2) is 27.5 Å². The fourth-order valence-corrected chi connectivity index (χ4v) is 3.76. The number of rotatable bonds is 6. The Hall–Kier alpha value is -4.14. The Kier molecular flexibility index (Phi) is 7.33. The van der Waals surface area contributed by atoms with Gasteiger partial charge in [-0.3, -0.25) is 9.97 Å². The number of urea groups is 1. The summed E-state index contributed by atoms with van der Waals surface area (Å²) < 4.78 is 29.4. The minimum absolute atomic E-state index is 0.0474. The van der Waals surface area contributed by atoms with E-state index in [4.69, 9.17) is 0 Å². The van der Waals surface area contributed by atoms with E-state index in [1.807, 2.05) is 19.1 Å². The number of aryl methyl sites for hydroxylation is 2. The highest BCUT2D eigenvalue weighted by Gasteiger charge is 2.17. The van der Waals surface area contributed by atoms with Crippen LogP contribution in [0.15, 0.2) is 48.8 Å². The van der Waals surface area contributed by atoms with Crippen molar-refractivity contribution < 1.29 is 13.6 Å². The second-order valence-corrected chi connectivity index (χ2v) is 10.2. The molecule has 0 atom stereocenters.